The Kier molecular flexibility index (Phi) is 4.32. The molecule has 5 nitrogen and oxygen atoms in total. The van der Waals surface area contributed by atoms with Crippen LogP contribution < -0.4 is 4.72 Å². The molecular formula is C10H19NO4S. The first kappa shape index (κ1) is 13.4. The van der Waals surface area contributed by atoms with Crippen molar-refractivity contribution in [2.75, 3.05) is 5.75 Å². The van der Waals surface area contributed by atoms with Crippen LogP contribution in [0.15, 0.2) is 0 Å². The van der Waals surface area contributed by atoms with Crippen molar-refractivity contribution >= 4 is 16.0 Å². The normalized spacial score (nSPS) is 18.7. The maximum Gasteiger partial charge on any atom is 0.321 e. The van der Waals surface area contributed by atoms with E-state index < -0.39 is 22.0 Å². The summed E-state index contributed by atoms with van der Waals surface area (Å²) in [6, 6.07) is -1.02. The van der Waals surface area contributed by atoms with Crippen molar-refractivity contribution in [3.63, 3.8) is 0 Å². The molecule has 0 aromatic rings. The molecule has 0 amide bonds. The first-order valence-corrected chi connectivity index (χ1v) is 7.20. The molecule has 0 bridgehead atoms. The van der Waals surface area contributed by atoms with Gasteiger partial charge in [-0.25, -0.2) is 13.1 Å². The van der Waals surface area contributed by atoms with Gasteiger partial charge in [0.1, 0.15) is 6.04 Å². The highest BCUT2D eigenvalue weighted by Gasteiger charge is 2.29. The van der Waals surface area contributed by atoms with Crippen LogP contribution in [-0.4, -0.2) is 31.3 Å². The van der Waals surface area contributed by atoms with E-state index in [0.29, 0.717) is 12.3 Å². The molecule has 0 radical (unpaired) electrons. The quantitative estimate of drug-likeness (QED) is 0.699. The standard InChI is InChI=1S/C10H19NO4S/c1-7(2)9(10(12)13)11-16(14,15)6-5-8-3-4-8/h7-9,11H,3-6H2,1-2H3,(H,12,13)/t9-/m1/s1. The van der Waals surface area contributed by atoms with E-state index >= 15 is 0 Å². The van der Waals surface area contributed by atoms with Crippen LogP contribution in [0.4, 0.5) is 0 Å². The molecule has 94 valence electrons. The van der Waals surface area contributed by atoms with Gasteiger partial charge in [0.2, 0.25) is 10.0 Å². The van der Waals surface area contributed by atoms with E-state index in [-0.39, 0.29) is 11.7 Å². The average molecular weight is 249 g/mol. The van der Waals surface area contributed by atoms with E-state index in [1.54, 1.807) is 13.8 Å². The Bertz CT molecular complexity index is 346. The summed E-state index contributed by atoms with van der Waals surface area (Å²) in [5, 5.41) is 8.87. The van der Waals surface area contributed by atoms with Gasteiger partial charge in [0.15, 0.2) is 0 Å². The predicted octanol–water partition coefficient (Wildman–Crippen LogP) is 0.815. The number of rotatable bonds is 7. The smallest absolute Gasteiger partial charge is 0.321 e. The SMILES string of the molecule is CC(C)[C@@H](NS(=O)(=O)CCC1CC1)C(=O)O. The Morgan fingerprint density at radius 1 is 1.44 bits per heavy atom. The second-order valence-electron chi connectivity index (χ2n) is 4.73. The van der Waals surface area contributed by atoms with Crippen LogP contribution in [0.1, 0.15) is 33.1 Å². The molecule has 1 saturated carbocycles. The zero-order valence-electron chi connectivity index (χ0n) is 9.64. The zero-order valence-corrected chi connectivity index (χ0v) is 10.5. The number of sulfonamides is 1. The summed E-state index contributed by atoms with van der Waals surface area (Å²) in [5.41, 5.74) is 0. The van der Waals surface area contributed by atoms with Gasteiger partial charge in [-0.15, -0.1) is 0 Å². The van der Waals surface area contributed by atoms with Crippen molar-refractivity contribution in [1.29, 1.82) is 0 Å². The molecule has 0 aromatic carbocycles. The molecule has 0 unspecified atom stereocenters. The fraction of sp³-hybridized carbons (Fsp3) is 0.900. The highest BCUT2D eigenvalue weighted by atomic mass is 32.2. The van der Waals surface area contributed by atoms with Gasteiger partial charge in [0.25, 0.3) is 0 Å². The van der Waals surface area contributed by atoms with Crippen LogP contribution in [0.2, 0.25) is 0 Å². The summed E-state index contributed by atoms with van der Waals surface area (Å²) in [4.78, 5) is 10.8. The number of carboxylic acid groups (broad SMARTS) is 1. The summed E-state index contributed by atoms with van der Waals surface area (Å²) in [6.07, 6.45) is 2.84. The maximum absolute atomic E-state index is 11.6. The highest BCUT2D eigenvalue weighted by molar-refractivity contribution is 7.89. The summed E-state index contributed by atoms with van der Waals surface area (Å²) >= 11 is 0. The van der Waals surface area contributed by atoms with Crippen molar-refractivity contribution in [2.45, 2.75) is 39.2 Å². The molecule has 0 aromatic heterocycles. The number of nitrogens with one attached hydrogen (secondary N) is 1. The molecule has 1 rings (SSSR count). The number of hydrogen-bond donors (Lipinski definition) is 2. The van der Waals surface area contributed by atoms with Gasteiger partial charge in [0, 0.05) is 0 Å². The van der Waals surface area contributed by atoms with Crippen molar-refractivity contribution in [1.82, 2.24) is 4.72 Å². The number of hydrogen-bond acceptors (Lipinski definition) is 3. The molecule has 0 spiro atoms. The number of carbonyl (C=O) groups is 1. The van der Waals surface area contributed by atoms with Gasteiger partial charge in [-0.1, -0.05) is 26.7 Å². The fourth-order valence-electron chi connectivity index (χ4n) is 1.45. The second kappa shape index (κ2) is 5.14. The molecule has 16 heavy (non-hydrogen) atoms. The number of aliphatic carboxylic acids is 1. The van der Waals surface area contributed by atoms with E-state index in [0.717, 1.165) is 12.8 Å². The topological polar surface area (TPSA) is 83.5 Å². The van der Waals surface area contributed by atoms with E-state index in [1.165, 1.54) is 0 Å². The van der Waals surface area contributed by atoms with Gasteiger partial charge in [-0.05, 0) is 18.3 Å². The molecule has 0 aliphatic heterocycles. The molecule has 0 heterocycles. The monoisotopic (exact) mass is 249 g/mol. The van der Waals surface area contributed by atoms with Gasteiger partial charge in [-0.2, -0.15) is 0 Å². The minimum atomic E-state index is -3.46. The molecule has 1 aliphatic rings. The summed E-state index contributed by atoms with van der Waals surface area (Å²) in [5.74, 6) is -0.814. The van der Waals surface area contributed by atoms with Gasteiger partial charge >= 0.3 is 5.97 Å². The van der Waals surface area contributed by atoms with Crippen molar-refractivity contribution in [3.05, 3.63) is 0 Å². The van der Waals surface area contributed by atoms with Crippen molar-refractivity contribution in [3.8, 4) is 0 Å². The van der Waals surface area contributed by atoms with Crippen LogP contribution in [-0.2, 0) is 14.8 Å². The minimum absolute atomic E-state index is 0.0359. The van der Waals surface area contributed by atoms with Crippen LogP contribution in [0, 0.1) is 11.8 Å². The van der Waals surface area contributed by atoms with E-state index in [9.17, 15) is 13.2 Å². The van der Waals surface area contributed by atoms with Crippen LogP contribution in [0.3, 0.4) is 0 Å². The van der Waals surface area contributed by atoms with Gasteiger partial charge in [-0.3, -0.25) is 4.79 Å². The van der Waals surface area contributed by atoms with Crippen LogP contribution >= 0.6 is 0 Å². The maximum atomic E-state index is 11.6. The van der Waals surface area contributed by atoms with Crippen LogP contribution in [0.5, 0.6) is 0 Å². The van der Waals surface area contributed by atoms with E-state index in [4.69, 9.17) is 5.11 Å². The van der Waals surface area contributed by atoms with Gasteiger partial charge < -0.3 is 5.11 Å². The lowest BCUT2D eigenvalue weighted by Crippen LogP contribution is -2.45. The van der Waals surface area contributed by atoms with E-state index in [1.807, 2.05) is 0 Å². The Morgan fingerprint density at radius 2 is 2.00 bits per heavy atom. The third-order valence-electron chi connectivity index (χ3n) is 2.73. The highest BCUT2D eigenvalue weighted by Crippen LogP contribution is 2.32. The Morgan fingerprint density at radius 3 is 2.38 bits per heavy atom. The third-order valence-corrected chi connectivity index (χ3v) is 4.12. The summed E-state index contributed by atoms with van der Waals surface area (Å²) in [6.45, 7) is 3.37. The molecule has 6 heteroatoms. The molecule has 1 fully saturated rings. The second-order valence-corrected chi connectivity index (χ2v) is 6.60. The third kappa shape index (κ3) is 4.49. The molecule has 2 N–H and O–H groups in total. The minimum Gasteiger partial charge on any atom is -0.480 e. The Balaban J connectivity index is 2.50. The lowest BCUT2D eigenvalue weighted by atomic mass is 10.1. The molecular weight excluding hydrogens is 230 g/mol. The zero-order chi connectivity index (χ0) is 12.3. The average Bonchev–Trinajstić information content (AvgIpc) is 2.94. The largest absolute Gasteiger partial charge is 0.480 e. The first-order chi connectivity index (χ1) is 7.32. The van der Waals surface area contributed by atoms with Crippen molar-refractivity contribution in [2.24, 2.45) is 11.8 Å². The van der Waals surface area contributed by atoms with Gasteiger partial charge in [0.05, 0.1) is 5.75 Å². The number of carboxylic acids is 1. The van der Waals surface area contributed by atoms with Crippen molar-refractivity contribution < 1.29 is 18.3 Å². The lowest BCUT2D eigenvalue weighted by Gasteiger charge is -2.17. The summed E-state index contributed by atoms with van der Waals surface area (Å²) in [7, 11) is -3.46. The first-order valence-electron chi connectivity index (χ1n) is 5.54. The molecule has 0 saturated heterocycles. The Hall–Kier alpha value is -0.620. The fourth-order valence-corrected chi connectivity index (χ4v) is 2.97. The Labute approximate surface area is 96.3 Å². The van der Waals surface area contributed by atoms with Crippen LogP contribution in [0.25, 0.3) is 0 Å². The molecule has 1 atom stereocenters. The molecule has 1 aliphatic carbocycles. The lowest BCUT2D eigenvalue weighted by molar-refractivity contribution is -0.140. The summed E-state index contributed by atoms with van der Waals surface area (Å²) < 4.78 is 25.5. The predicted molar refractivity (Wildman–Crippen MR) is 60.5 cm³/mol. The van der Waals surface area contributed by atoms with E-state index in [2.05, 4.69) is 4.72 Å².